The summed E-state index contributed by atoms with van der Waals surface area (Å²) in [5.74, 6) is 1.95. The Bertz CT molecular complexity index is 2640. The Morgan fingerprint density at radius 1 is 0.630 bits per heavy atom. The first-order chi connectivity index (χ1) is 25.5. The number of hydrogen-bond acceptors (Lipinski definition) is 4. The molecule has 268 valence electrons. The van der Waals surface area contributed by atoms with Crippen molar-refractivity contribution in [2.45, 2.75) is 52.4 Å². The molecule has 0 fully saturated rings. The molecule has 0 saturated heterocycles. The summed E-state index contributed by atoms with van der Waals surface area (Å²) < 4.78 is 8.83. The molecule has 54 heavy (non-hydrogen) atoms. The summed E-state index contributed by atoms with van der Waals surface area (Å²) in [4.78, 5) is 15.3. The van der Waals surface area contributed by atoms with Crippen LogP contribution in [0.2, 0.25) is 0 Å². The zero-order valence-electron chi connectivity index (χ0n) is 31.2. The Hall–Kier alpha value is -5.16. The van der Waals surface area contributed by atoms with Gasteiger partial charge in [0.15, 0.2) is 0 Å². The standard InChI is InChI=1S/C47H40N4OSi.Pt/c1-46(2,3)31-23-25-48-42(27-31)51-40-20-14-13-19-36(40)37-22-21-32(29-41(37)51)52-33-28-38-43-44(39(24-26-49-43)47(4,5)6)53(45(38)50-30-33,34-15-9-7-10-16-34)35-17-11-8-12-18-35;/h7-27,30H,1-6H3;/q-2;+2. The number of rotatable bonds is 5. The molecule has 7 heteroatoms. The molecule has 1 aliphatic rings. The molecule has 5 heterocycles. The van der Waals surface area contributed by atoms with Crippen molar-refractivity contribution in [3.05, 3.63) is 157 Å². The average molecular weight is 900 g/mol. The fourth-order valence-corrected chi connectivity index (χ4v) is 13.4. The number of fused-ring (bicyclic) bond motifs is 6. The summed E-state index contributed by atoms with van der Waals surface area (Å²) in [7, 11) is -2.89. The summed E-state index contributed by atoms with van der Waals surface area (Å²) in [6, 6.07) is 48.1. The maximum atomic E-state index is 6.65. The van der Waals surface area contributed by atoms with Gasteiger partial charge in [0.25, 0.3) is 0 Å². The molecule has 0 amide bonds. The third-order valence-corrected chi connectivity index (χ3v) is 15.3. The van der Waals surface area contributed by atoms with Gasteiger partial charge in [-0.1, -0.05) is 148 Å². The van der Waals surface area contributed by atoms with E-state index in [0.29, 0.717) is 11.5 Å². The van der Waals surface area contributed by atoms with Crippen LogP contribution in [-0.2, 0) is 31.9 Å². The van der Waals surface area contributed by atoms with Crippen molar-refractivity contribution < 1.29 is 25.8 Å². The Labute approximate surface area is 332 Å². The number of nitrogens with zero attached hydrogens (tertiary/aromatic N) is 4. The van der Waals surface area contributed by atoms with E-state index >= 15 is 0 Å². The first kappa shape index (κ1) is 35.8. The van der Waals surface area contributed by atoms with Crippen LogP contribution in [-0.4, -0.2) is 27.6 Å². The van der Waals surface area contributed by atoms with Gasteiger partial charge >= 0.3 is 21.1 Å². The first-order valence-electron chi connectivity index (χ1n) is 18.2. The van der Waals surface area contributed by atoms with Crippen LogP contribution < -0.4 is 25.6 Å². The molecule has 1 aliphatic heterocycles. The molecule has 0 saturated carbocycles. The number of pyridine rings is 3. The smallest absolute Gasteiger partial charge is 0.501 e. The van der Waals surface area contributed by atoms with E-state index < -0.39 is 8.07 Å². The van der Waals surface area contributed by atoms with Gasteiger partial charge in [0.2, 0.25) is 0 Å². The Morgan fingerprint density at radius 3 is 1.98 bits per heavy atom. The average Bonchev–Trinajstić information content (AvgIpc) is 3.65. The van der Waals surface area contributed by atoms with Gasteiger partial charge in [-0.25, -0.2) is 4.98 Å². The van der Waals surface area contributed by atoms with Crippen molar-refractivity contribution in [3.8, 4) is 28.6 Å². The van der Waals surface area contributed by atoms with E-state index in [0.717, 1.165) is 44.2 Å². The van der Waals surface area contributed by atoms with Crippen molar-refractivity contribution in [1.82, 2.24) is 19.5 Å². The topological polar surface area (TPSA) is 52.8 Å². The van der Waals surface area contributed by atoms with E-state index in [1.54, 1.807) is 0 Å². The maximum absolute atomic E-state index is 6.65. The van der Waals surface area contributed by atoms with E-state index in [4.69, 9.17) is 19.7 Å². The van der Waals surface area contributed by atoms with Crippen molar-refractivity contribution in [2.24, 2.45) is 0 Å². The molecule has 0 radical (unpaired) electrons. The summed E-state index contributed by atoms with van der Waals surface area (Å²) in [5, 5.41) is 7.08. The minimum absolute atomic E-state index is 0. The summed E-state index contributed by atoms with van der Waals surface area (Å²) >= 11 is 0. The number of hydrogen-bond donors (Lipinski definition) is 0. The van der Waals surface area contributed by atoms with E-state index in [1.807, 2.05) is 24.7 Å². The number of ether oxygens (including phenoxy) is 1. The molecule has 5 nitrogen and oxygen atoms in total. The molecular formula is C47H40N4OPtSi. The Kier molecular flexibility index (Phi) is 8.83. The van der Waals surface area contributed by atoms with Gasteiger partial charge in [0, 0.05) is 23.7 Å². The second kappa shape index (κ2) is 13.3. The minimum atomic E-state index is -2.89. The summed E-state index contributed by atoms with van der Waals surface area (Å²) in [6.45, 7) is 13.5. The number of para-hydroxylation sites is 1. The monoisotopic (exact) mass is 899 g/mol. The second-order valence-electron chi connectivity index (χ2n) is 16.0. The van der Waals surface area contributed by atoms with Gasteiger partial charge in [0.1, 0.15) is 13.9 Å². The van der Waals surface area contributed by atoms with Gasteiger partial charge in [0.05, 0.1) is 5.75 Å². The maximum Gasteiger partial charge on any atom is 2.00 e. The molecule has 9 rings (SSSR count). The van der Waals surface area contributed by atoms with E-state index in [2.05, 4.69) is 167 Å². The molecule has 0 bridgehead atoms. The molecule has 0 unspecified atom stereocenters. The normalized spacial score (nSPS) is 13.4. The van der Waals surface area contributed by atoms with Crippen molar-refractivity contribution >= 4 is 50.8 Å². The number of aromatic nitrogens is 4. The fraction of sp³-hybridized carbons (Fsp3) is 0.170. The van der Waals surface area contributed by atoms with Crippen LogP contribution in [0.25, 0.3) is 38.9 Å². The van der Waals surface area contributed by atoms with Crippen LogP contribution in [0.4, 0.5) is 0 Å². The Morgan fingerprint density at radius 2 is 1.30 bits per heavy atom. The van der Waals surface area contributed by atoms with Gasteiger partial charge < -0.3 is 19.3 Å². The van der Waals surface area contributed by atoms with Crippen LogP contribution >= 0.6 is 0 Å². The van der Waals surface area contributed by atoms with E-state index in [1.165, 1.54) is 26.7 Å². The third kappa shape index (κ3) is 5.66. The van der Waals surface area contributed by atoms with Crippen molar-refractivity contribution in [1.29, 1.82) is 0 Å². The molecule has 0 aliphatic carbocycles. The molecule has 0 N–H and O–H groups in total. The van der Waals surface area contributed by atoms with Crippen molar-refractivity contribution in [3.63, 3.8) is 0 Å². The van der Waals surface area contributed by atoms with Crippen molar-refractivity contribution in [2.75, 3.05) is 0 Å². The SMILES string of the molecule is CC(C)(C)c1ccnc(-n2c3[c-]c(Oc4[c-]c5c(nc4)[Si](c4ccccc4)(c4ccccc4)c4c(C(C)(C)C)ccnc4-5)ccc3c3ccccc32)c1.[Pt+2]. The third-order valence-electron chi connectivity index (χ3n) is 10.6. The van der Waals surface area contributed by atoms with Crippen LogP contribution in [0.5, 0.6) is 11.5 Å². The second-order valence-corrected chi connectivity index (χ2v) is 19.6. The molecule has 4 aromatic carbocycles. The predicted octanol–water partition coefficient (Wildman–Crippen LogP) is 8.31. The van der Waals surface area contributed by atoms with Crippen LogP contribution in [0, 0.1) is 12.1 Å². The molecule has 8 aromatic rings. The van der Waals surface area contributed by atoms with E-state index in [-0.39, 0.29) is 31.9 Å². The summed E-state index contributed by atoms with van der Waals surface area (Å²) in [6.07, 6.45) is 5.67. The molecular weight excluding hydrogens is 860 g/mol. The van der Waals surface area contributed by atoms with Gasteiger partial charge in [-0.05, 0) is 68.8 Å². The number of benzene rings is 4. The van der Waals surface area contributed by atoms with Crippen LogP contribution in [0.1, 0.15) is 52.7 Å². The molecule has 4 aromatic heterocycles. The van der Waals surface area contributed by atoms with Crippen LogP contribution in [0.3, 0.4) is 0 Å². The van der Waals surface area contributed by atoms with Crippen LogP contribution in [0.15, 0.2) is 134 Å². The molecule has 0 atom stereocenters. The van der Waals surface area contributed by atoms with Gasteiger partial charge in [-0.3, -0.25) is 0 Å². The largest absolute Gasteiger partial charge is 2.00 e. The molecule has 0 spiro atoms. The quantitative estimate of drug-likeness (QED) is 0.129. The zero-order chi connectivity index (χ0) is 36.5. The minimum Gasteiger partial charge on any atom is -0.501 e. The zero-order valence-corrected chi connectivity index (χ0v) is 34.5. The Balaban J connectivity index is 0.00000413. The van der Waals surface area contributed by atoms with E-state index in [9.17, 15) is 0 Å². The fourth-order valence-electron chi connectivity index (χ4n) is 8.09. The predicted molar refractivity (Wildman–Crippen MR) is 218 cm³/mol. The first-order valence-corrected chi connectivity index (χ1v) is 20.2. The summed E-state index contributed by atoms with van der Waals surface area (Å²) in [5.41, 5.74) is 6.17. The van der Waals surface area contributed by atoms with Gasteiger partial charge in [-0.2, -0.15) is 6.07 Å². The van der Waals surface area contributed by atoms with Gasteiger partial charge in [-0.15, -0.1) is 23.1 Å².